The van der Waals surface area contributed by atoms with Crippen LogP contribution < -0.4 is 10.0 Å². The number of benzene rings is 1. The maximum atomic E-state index is 15.0. The topological polar surface area (TPSA) is 78.4 Å². The normalized spacial score (nSPS) is 27.7. The van der Waals surface area contributed by atoms with Crippen LogP contribution in [0.15, 0.2) is 24.3 Å². The maximum Gasteiger partial charge on any atom is 0.257 e. The Morgan fingerprint density at radius 1 is 1.38 bits per heavy atom. The number of aromatic hydroxyl groups is 1. The fourth-order valence-corrected chi connectivity index (χ4v) is 4.19. The van der Waals surface area contributed by atoms with Gasteiger partial charge in [0.1, 0.15) is 11.6 Å². The molecule has 1 aromatic carbocycles. The minimum absolute atomic E-state index is 0.0332. The van der Waals surface area contributed by atoms with Crippen molar-refractivity contribution in [3.8, 4) is 5.75 Å². The van der Waals surface area contributed by atoms with Crippen molar-refractivity contribution in [1.82, 2.24) is 10.0 Å². The SMILES string of the molecule is CC1(C2C=C(c3ccc(O)c(C4=CC(=O)NS4=O)c3F)CN2)CC1. The lowest BCUT2D eigenvalue weighted by Gasteiger charge is -2.15. The standard InChI is InChI=1S/C17H17FN2O3S/c1-17(4-5-17)13-6-9(8-19-13)10-2-3-11(21)15(16(10)18)12-7-14(22)20-24(12)23/h2-3,6-7,13,19,21H,4-5,8H2,1H3,(H,20,22). The van der Waals surface area contributed by atoms with Crippen molar-refractivity contribution in [2.75, 3.05) is 6.54 Å². The molecule has 2 unspecified atom stereocenters. The average molecular weight is 348 g/mol. The monoisotopic (exact) mass is 348 g/mol. The van der Waals surface area contributed by atoms with Gasteiger partial charge in [-0.1, -0.05) is 13.0 Å². The molecule has 0 aromatic heterocycles. The molecule has 0 saturated heterocycles. The number of carbonyl (C=O) groups excluding carboxylic acids is 1. The summed E-state index contributed by atoms with van der Waals surface area (Å²) < 4.78 is 29.1. The summed E-state index contributed by atoms with van der Waals surface area (Å²) in [6.07, 6.45) is 5.40. The quantitative estimate of drug-likeness (QED) is 0.779. The zero-order valence-electron chi connectivity index (χ0n) is 13.1. The van der Waals surface area contributed by atoms with E-state index in [0.717, 1.165) is 24.5 Å². The minimum Gasteiger partial charge on any atom is -0.507 e. The van der Waals surface area contributed by atoms with E-state index in [1.165, 1.54) is 12.1 Å². The zero-order valence-corrected chi connectivity index (χ0v) is 13.9. The number of halogens is 1. The lowest BCUT2D eigenvalue weighted by molar-refractivity contribution is -0.114. The molecule has 24 heavy (non-hydrogen) atoms. The largest absolute Gasteiger partial charge is 0.507 e. The summed E-state index contributed by atoms with van der Waals surface area (Å²) in [7, 11) is -1.86. The summed E-state index contributed by atoms with van der Waals surface area (Å²) in [4.78, 5) is 11.3. The van der Waals surface area contributed by atoms with E-state index in [4.69, 9.17) is 0 Å². The highest BCUT2D eigenvalue weighted by atomic mass is 32.2. The minimum atomic E-state index is -1.86. The summed E-state index contributed by atoms with van der Waals surface area (Å²) in [5.41, 5.74) is 1.24. The molecule has 1 saturated carbocycles. The number of hydrogen-bond acceptors (Lipinski definition) is 4. The molecule has 1 aromatic rings. The highest BCUT2D eigenvalue weighted by molar-refractivity contribution is 7.94. The van der Waals surface area contributed by atoms with Gasteiger partial charge in [0.25, 0.3) is 5.91 Å². The van der Waals surface area contributed by atoms with Crippen LogP contribution >= 0.6 is 0 Å². The van der Waals surface area contributed by atoms with Crippen molar-refractivity contribution < 1.29 is 18.5 Å². The number of phenols is 1. The molecular weight excluding hydrogens is 331 g/mol. The second kappa shape index (κ2) is 5.26. The van der Waals surface area contributed by atoms with Crippen LogP contribution in [0.5, 0.6) is 5.75 Å². The summed E-state index contributed by atoms with van der Waals surface area (Å²) in [6.45, 7) is 2.74. The van der Waals surface area contributed by atoms with Crippen molar-refractivity contribution in [1.29, 1.82) is 0 Å². The van der Waals surface area contributed by atoms with E-state index in [0.29, 0.717) is 12.1 Å². The van der Waals surface area contributed by atoms with Gasteiger partial charge in [-0.3, -0.25) is 9.52 Å². The molecule has 126 valence electrons. The third-order valence-electron chi connectivity index (χ3n) is 5.04. The Kier molecular flexibility index (Phi) is 3.40. The molecule has 1 aliphatic carbocycles. The molecule has 4 rings (SSSR count). The van der Waals surface area contributed by atoms with Gasteiger partial charge in [-0.15, -0.1) is 0 Å². The van der Waals surface area contributed by atoms with Crippen LogP contribution in [0.25, 0.3) is 10.5 Å². The second-order valence-electron chi connectivity index (χ2n) is 6.77. The Labute approximate surface area is 141 Å². The number of carbonyl (C=O) groups is 1. The fraction of sp³-hybridized carbons (Fsp3) is 0.353. The fourth-order valence-electron chi connectivity index (χ4n) is 3.24. The van der Waals surface area contributed by atoms with Gasteiger partial charge in [-0.05, 0) is 36.0 Å². The van der Waals surface area contributed by atoms with E-state index in [2.05, 4.69) is 17.0 Å². The van der Waals surface area contributed by atoms with Crippen LogP contribution in [-0.2, 0) is 15.8 Å². The van der Waals surface area contributed by atoms with Gasteiger partial charge >= 0.3 is 0 Å². The lowest BCUT2D eigenvalue weighted by atomic mass is 9.97. The molecule has 2 heterocycles. The van der Waals surface area contributed by atoms with Crippen LogP contribution in [-0.4, -0.2) is 27.8 Å². The third kappa shape index (κ3) is 2.39. The highest BCUT2D eigenvalue weighted by Crippen LogP contribution is 2.50. The molecule has 0 spiro atoms. The number of hydrogen-bond donors (Lipinski definition) is 3. The maximum absolute atomic E-state index is 15.0. The van der Waals surface area contributed by atoms with Crippen molar-refractivity contribution in [2.45, 2.75) is 25.8 Å². The van der Waals surface area contributed by atoms with Gasteiger partial charge in [0, 0.05) is 24.2 Å². The van der Waals surface area contributed by atoms with Crippen molar-refractivity contribution in [3.05, 3.63) is 41.2 Å². The van der Waals surface area contributed by atoms with Gasteiger partial charge in [0.05, 0.1) is 10.5 Å². The van der Waals surface area contributed by atoms with Gasteiger partial charge < -0.3 is 10.4 Å². The number of phenolic OH excluding ortho intramolecular Hbond substituents is 1. The summed E-state index contributed by atoms with van der Waals surface area (Å²) in [5, 5.41) is 13.4. The molecule has 1 fully saturated rings. The Hall–Kier alpha value is -1.99. The van der Waals surface area contributed by atoms with E-state index in [1.54, 1.807) is 0 Å². The molecule has 2 aliphatic heterocycles. The molecule has 0 bridgehead atoms. The first-order valence-corrected chi connectivity index (χ1v) is 8.94. The molecular formula is C17H17FN2O3S. The Morgan fingerprint density at radius 3 is 2.75 bits per heavy atom. The van der Waals surface area contributed by atoms with Crippen LogP contribution in [0, 0.1) is 11.2 Å². The van der Waals surface area contributed by atoms with Gasteiger partial charge in [0.2, 0.25) is 0 Å². The number of rotatable bonds is 3. The molecule has 3 aliphatic rings. The molecule has 5 nitrogen and oxygen atoms in total. The van der Waals surface area contributed by atoms with Gasteiger partial charge in [-0.25, -0.2) is 8.60 Å². The smallest absolute Gasteiger partial charge is 0.257 e. The van der Waals surface area contributed by atoms with Gasteiger partial charge in [0.15, 0.2) is 11.0 Å². The number of nitrogens with one attached hydrogen (secondary N) is 2. The van der Waals surface area contributed by atoms with E-state index >= 15 is 4.39 Å². The Bertz CT molecular complexity index is 842. The van der Waals surface area contributed by atoms with Crippen LogP contribution in [0.2, 0.25) is 0 Å². The summed E-state index contributed by atoms with van der Waals surface area (Å²) in [6, 6.07) is 3.11. The third-order valence-corrected chi connectivity index (χ3v) is 6.15. The van der Waals surface area contributed by atoms with Crippen molar-refractivity contribution in [3.63, 3.8) is 0 Å². The van der Waals surface area contributed by atoms with E-state index in [9.17, 15) is 14.1 Å². The molecule has 1 amide bonds. The summed E-state index contributed by atoms with van der Waals surface area (Å²) >= 11 is 0. The summed E-state index contributed by atoms with van der Waals surface area (Å²) in [5.74, 6) is -1.54. The first kappa shape index (κ1) is 15.5. The highest BCUT2D eigenvalue weighted by Gasteiger charge is 2.45. The van der Waals surface area contributed by atoms with Crippen molar-refractivity contribution >= 4 is 27.4 Å². The van der Waals surface area contributed by atoms with E-state index < -0.39 is 22.7 Å². The predicted octanol–water partition coefficient (Wildman–Crippen LogP) is 1.82. The van der Waals surface area contributed by atoms with Crippen LogP contribution in [0.4, 0.5) is 4.39 Å². The van der Waals surface area contributed by atoms with E-state index in [-0.39, 0.29) is 27.7 Å². The van der Waals surface area contributed by atoms with Crippen molar-refractivity contribution in [2.24, 2.45) is 5.41 Å². The Balaban J connectivity index is 1.76. The first-order valence-electron chi connectivity index (χ1n) is 7.79. The lowest BCUT2D eigenvalue weighted by Crippen LogP contribution is -2.30. The van der Waals surface area contributed by atoms with Crippen LogP contribution in [0.1, 0.15) is 30.9 Å². The first-order chi connectivity index (χ1) is 11.4. The Morgan fingerprint density at radius 2 is 2.12 bits per heavy atom. The molecule has 0 radical (unpaired) electrons. The van der Waals surface area contributed by atoms with E-state index in [1.807, 2.05) is 6.08 Å². The number of amides is 1. The molecule has 2 atom stereocenters. The zero-order chi connectivity index (χ0) is 17.1. The average Bonchev–Trinajstić information content (AvgIpc) is 2.95. The van der Waals surface area contributed by atoms with Gasteiger partial charge in [-0.2, -0.15) is 0 Å². The predicted molar refractivity (Wildman–Crippen MR) is 89.4 cm³/mol. The molecule has 3 N–H and O–H groups in total. The second-order valence-corrected chi connectivity index (χ2v) is 7.95. The van der Waals surface area contributed by atoms with Crippen LogP contribution in [0.3, 0.4) is 0 Å². The molecule has 7 heteroatoms.